The molecule has 0 fully saturated rings. The zero-order valence-electron chi connectivity index (χ0n) is 12.0. The molecule has 0 saturated carbocycles. The molecule has 0 radical (unpaired) electrons. The summed E-state index contributed by atoms with van der Waals surface area (Å²) in [6, 6.07) is 0. The molecule has 102 valence electrons. The van der Waals surface area contributed by atoms with E-state index in [0.29, 0.717) is 5.92 Å². The second-order valence-electron chi connectivity index (χ2n) is 5.46. The number of carbonyl (C=O) groups is 1. The summed E-state index contributed by atoms with van der Waals surface area (Å²) in [4.78, 5) is 11.2. The highest BCUT2D eigenvalue weighted by Gasteiger charge is 2.22. The van der Waals surface area contributed by atoms with Crippen LogP contribution in [-0.4, -0.2) is 11.1 Å². The van der Waals surface area contributed by atoms with Crippen LogP contribution in [0, 0.1) is 17.8 Å². The van der Waals surface area contributed by atoms with Gasteiger partial charge in [0.2, 0.25) is 0 Å². The minimum atomic E-state index is -0.600. The highest BCUT2D eigenvalue weighted by molar-refractivity contribution is 5.69. The van der Waals surface area contributed by atoms with Gasteiger partial charge >= 0.3 is 5.97 Å². The number of rotatable bonds is 10. The SMILES string of the molecule is CCCC(CC(C)CC)CC(CCC)C(=O)O. The van der Waals surface area contributed by atoms with Crippen LogP contribution in [0.3, 0.4) is 0 Å². The molecule has 0 heterocycles. The summed E-state index contributed by atoms with van der Waals surface area (Å²) in [6.07, 6.45) is 7.41. The van der Waals surface area contributed by atoms with Crippen LogP contribution in [0.15, 0.2) is 0 Å². The first kappa shape index (κ1) is 16.5. The molecule has 0 saturated heterocycles. The number of hydrogen-bond acceptors (Lipinski definition) is 1. The minimum absolute atomic E-state index is 0.124. The molecule has 3 atom stereocenters. The van der Waals surface area contributed by atoms with Crippen LogP contribution in [-0.2, 0) is 4.79 Å². The molecule has 17 heavy (non-hydrogen) atoms. The van der Waals surface area contributed by atoms with Gasteiger partial charge in [0.15, 0.2) is 0 Å². The van der Waals surface area contributed by atoms with Crippen LogP contribution in [0.25, 0.3) is 0 Å². The van der Waals surface area contributed by atoms with Gasteiger partial charge in [-0.05, 0) is 31.1 Å². The van der Waals surface area contributed by atoms with E-state index in [2.05, 4.69) is 27.7 Å². The molecule has 0 rings (SSSR count). The molecule has 2 heteroatoms. The van der Waals surface area contributed by atoms with Gasteiger partial charge in [0.1, 0.15) is 0 Å². The molecule has 0 bridgehead atoms. The normalized spacial score (nSPS) is 16.5. The summed E-state index contributed by atoms with van der Waals surface area (Å²) in [5, 5.41) is 9.21. The molecule has 1 N–H and O–H groups in total. The lowest BCUT2D eigenvalue weighted by Crippen LogP contribution is -2.19. The molecule has 0 aromatic rings. The van der Waals surface area contributed by atoms with Gasteiger partial charge in [-0.2, -0.15) is 0 Å². The van der Waals surface area contributed by atoms with E-state index in [1.54, 1.807) is 0 Å². The Bertz CT molecular complexity index is 201. The van der Waals surface area contributed by atoms with Crippen LogP contribution in [0.1, 0.15) is 72.6 Å². The maximum absolute atomic E-state index is 11.2. The van der Waals surface area contributed by atoms with Crippen molar-refractivity contribution in [2.75, 3.05) is 0 Å². The molecule has 0 spiro atoms. The second-order valence-corrected chi connectivity index (χ2v) is 5.46. The smallest absolute Gasteiger partial charge is 0.306 e. The highest BCUT2D eigenvalue weighted by Crippen LogP contribution is 2.28. The Kier molecular flexibility index (Phi) is 9.20. The number of carboxylic acids is 1. The van der Waals surface area contributed by atoms with Crippen molar-refractivity contribution in [3.63, 3.8) is 0 Å². The van der Waals surface area contributed by atoms with E-state index in [-0.39, 0.29) is 5.92 Å². The Hall–Kier alpha value is -0.530. The average Bonchev–Trinajstić information content (AvgIpc) is 2.28. The first-order valence-corrected chi connectivity index (χ1v) is 7.27. The molecule has 0 amide bonds. The fourth-order valence-electron chi connectivity index (χ4n) is 2.57. The van der Waals surface area contributed by atoms with Gasteiger partial charge in [0.25, 0.3) is 0 Å². The summed E-state index contributed by atoms with van der Waals surface area (Å²) >= 11 is 0. The third kappa shape index (κ3) is 7.40. The Labute approximate surface area is 107 Å². The van der Waals surface area contributed by atoms with Crippen LogP contribution in [0.5, 0.6) is 0 Å². The monoisotopic (exact) mass is 242 g/mol. The third-order valence-corrected chi connectivity index (χ3v) is 3.73. The summed E-state index contributed by atoms with van der Waals surface area (Å²) in [6.45, 7) is 8.76. The van der Waals surface area contributed by atoms with Crippen LogP contribution in [0.2, 0.25) is 0 Å². The Balaban J connectivity index is 4.32. The quantitative estimate of drug-likeness (QED) is 0.601. The van der Waals surface area contributed by atoms with E-state index in [1.165, 1.54) is 25.7 Å². The largest absolute Gasteiger partial charge is 0.481 e. The van der Waals surface area contributed by atoms with Gasteiger partial charge in [-0.3, -0.25) is 4.79 Å². The van der Waals surface area contributed by atoms with Crippen LogP contribution < -0.4 is 0 Å². The van der Waals surface area contributed by atoms with Crippen molar-refractivity contribution in [3.8, 4) is 0 Å². The van der Waals surface area contributed by atoms with Crippen molar-refractivity contribution in [2.45, 2.75) is 72.6 Å². The molecular weight excluding hydrogens is 212 g/mol. The number of hydrogen-bond donors (Lipinski definition) is 1. The Morgan fingerprint density at radius 2 is 1.65 bits per heavy atom. The average molecular weight is 242 g/mol. The first-order valence-electron chi connectivity index (χ1n) is 7.27. The molecule has 0 aliphatic heterocycles. The van der Waals surface area contributed by atoms with E-state index >= 15 is 0 Å². The van der Waals surface area contributed by atoms with Gasteiger partial charge in [-0.1, -0.05) is 53.4 Å². The summed E-state index contributed by atoms with van der Waals surface area (Å²) in [5.41, 5.74) is 0. The van der Waals surface area contributed by atoms with Gasteiger partial charge in [0, 0.05) is 0 Å². The molecule has 3 unspecified atom stereocenters. The van der Waals surface area contributed by atoms with Crippen LogP contribution >= 0.6 is 0 Å². The summed E-state index contributed by atoms with van der Waals surface area (Å²) in [5.74, 6) is 0.600. The van der Waals surface area contributed by atoms with E-state index in [1.807, 2.05) is 0 Å². The standard InChI is InChI=1S/C15H30O2/c1-5-8-13(10-12(4)7-3)11-14(9-6-2)15(16)17/h12-14H,5-11H2,1-4H3,(H,16,17). The molecule has 0 aliphatic rings. The van der Waals surface area contributed by atoms with Gasteiger partial charge in [-0.15, -0.1) is 0 Å². The van der Waals surface area contributed by atoms with Crippen LogP contribution in [0.4, 0.5) is 0 Å². The van der Waals surface area contributed by atoms with E-state index < -0.39 is 5.97 Å². The lowest BCUT2D eigenvalue weighted by atomic mass is 9.82. The Morgan fingerprint density at radius 3 is 2.06 bits per heavy atom. The maximum atomic E-state index is 11.2. The molecule has 2 nitrogen and oxygen atoms in total. The van der Waals surface area contributed by atoms with Gasteiger partial charge < -0.3 is 5.11 Å². The third-order valence-electron chi connectivity index (χ3n) is 3.73. The van der Waals surface area contributed by atoms with Gasteiger partial charge in [0.05, 0.1) is 5.92 Å². The van der Waals surface area contributed by atoms with Crippen molar-refractivity contribution in [3.05, 3.63) is 0 Å². The van der Waals surface area contributed by atoms with E-state index in [9.17, 15) is 9.90 Å². The number of carboxylic acid groups (broad SMARTS) is 1. The van der Waals surface area contributed by atoms with E-state index in [4.69, 9.17) is 0 Å². The van der Waals surface area contributed by atoms with Crippen molar-refractivity contribution in [2.24, 2.45) is 17.8 Å². The van der Waals surface area contributed by atoms with Crippen molar-refractivity contribution >= 4 is 5.97 Å². The lowest BCUT2D eigenvalue weighted by Gasteiger charge is -2.23. The zero-order chi connectivity index (χ0) is 13.3. The van der Waals surface area contributed by atoms with Crippen molar-refractivity contribution in [1.82, 2.24) is 0 Å². The fraction of sp³-hybridized carbons (Fsp3) is 0.933. The zero-order valence-corrected chi connectivity index (χ0v) is 12.0. The maximum Gasteiger partial charge on any atom is 0.306 e. The fourth-order valence-corrected chi connectivity index (χ4v) is 2.57. The molecule has 0 aromatic carbocycles. The predicted molar refractivity (Wildman–Crippen MR) is 73.1 cm³/mol. The molecule has 0 aromatic heterocycles. The predicted octanol–water partition coefficient (Wildman–Crippen LogP) is 4.73. The summed E-state index contributed by atoms with van der Waals surface area (Å²) in [7, 11) is 0. The molecular formula is C15H30O2. The minimum Gasteiger partial charge on any atom is -0.481 e. The van der Waals surface area contributed by atoms with Crippen molar-refractivity contribution < 1.29 is 9.90 Å². The first-order chi connectivity index (χ1) is 8.04. The Morgan fingerprint density at radius 1 is 1.06 bits per heavy atom. The molecule has 0 aliphatic carbocycles. The lowest BCUT2D eigenvalue weighted by molar-refractivity contribution is -0.142. The number of aliphatic carboxylic acids is 1. The van der Waals surface area contributed by atoms with Crippen molar-refractivity contribution in [1.29, 1.82) is 0 Å². The highest BCUT2D eigenvalue weighted by atomic mass is 16.4. The van der Waals surface area contributed by atoms with E-state index in [0.717, 1.165) is 25.2 Å². The van der Waals surface area contributed by atoms with Gasteiger partial charge in [-0.25, -0.2) is 0 Å². The summed E-state index contributed by atoms with van der Waals surface area (Å²) < 4.78 is 0. The second kappa shape index (κ2) is 9.49. The topological polar surface area (TPSA) is 37.3 Å².